The Balaban J connectivity index is 2.52. The number of rotatable bonds is 3. The zero-order chi connectivity index (χ0) is 15.6. The standard InChI is InChI=1S/C14H11ClF4N2/c1-20-13(9-4-5-21-7-11(9)15)8-2-3-12(16)10(6-8)14(17,18)19/h2-7,13,20H,1H3. The van der Waals surface area contributed by atoms with E-state index >= 15 is 0 Å². The Hall–Kier alpha value is -1.66. The fourth-order valence-corrected chi connectivity index (χ4v) is 2.29. The molecule has 0 radical (unpaired) electrons. The van der Waals surface area contributed by atoms with Gasteiger partial charge in [0.05, 0.1) is 16.6 Å². The fraction of sp³-hybridized carbons (Fsp3) is 0.214. The van der Waals surface area contributed by atoms with E-state index in [0.717, 1.165) is 12.1 Å². The molecule has 1 aromatic carbocycles. The van der Waals surface area contributed by atoms with Gasteiger partial charge in [0.1, 0.15) is 5.82 Å². The molecule has 0 aliphatic rings. The van der Waals surface area contributed by atoms with Crippen molar-refractivity contribution in [2.75, 3.05) is 7.05 Å². The first-order chi connectivity index (χ1) is 9.84. The van der Waals surface area contributed by atoms with Crippen LogP contribution in [0.1, 0.15) is 22.7 Å². The molecule has 0 fully saturated rings. The summed E-state index contributed by atoms with van der Waals surface area (Å²) in [6.07, 6.45) is -1.87. The van der Waals surface area contributed by atoms with Crippen molar-refractivity contribution in [3.05, 3.63) is 64.2 Å². The summed E-state index contributed by atoms with van der Waals surface area (Å²) in [5.41, 5.74) is -0.473. The van der Waals surface area contributed by atoms with E-state index in [1.165, 1.54) is 18.5 Å². The molecule has 0 saturated heterocycles. The highest BCUT2D eigenvalue weighted by Crippen LogP contribution is 2.35. The lowest BCUT2D eigenvalue weighted by Gasteiger charge is -2.20. The number of nitrogens with one attached hydrogen (secondary N) is 1. The molecule has 2 rings (SSSR count). The van der Waals surface area contributed by atoms with Crippen molar-refractivity contribution in [2.45, 2.75) is 12.2 Å². The number of hydrogen-bond donors (Lipinski definition) is 1. The van der Waals surface area contributed by atoms with Gasteiger partial charge in [-0.3, -0.25) is 4.98 Å². The molecule has 1 atom stereocenters. The number of alkyl halides is 3. The van der Waals surface area contributed by atoms with Crippen molar-refractivity contribution < 1.29 is 17.6 Å². The third kappa shape index (κ3) is 3.33. The summed E-state index contributed by atoms with van der Waals surface area (Å²) in [4.78, 5) is 3.83. The van der Waals surface area contributed by atoms with Crippen LogP contribution in [0.15, 0.2) is 36.7 Å². The Kier molecular flexibility index (Phi) is 4.49. The van der Waals surface area contributed by atoms with Crippen LogP contribution in [0.25, 0.3) is 0 Å². The van der Waals surface area contributed by atoms with Crippen LogP contribution in [-0.4, -0.2) is 12.0 Å². The van der Waals surface area contributed by atoms with E-state index in [1.807, 2.05) is 0 Å². The smallest absolute Gasteiger partial charge is 0.309 e. The maximum absolute atomic E-state index is 13.3. The summed E-state index contributed by atoms with van der Waals surface area (Å²) in [5, 5.41) is 3.19. The van der Waals surface area contributed by atoms with Gasteiger partial charge in [-0.2, -0.15) is 13.2 Å². The molecule has 1 N–H and O–H groups in total. The van der Waals surface area contributed by atoms with Crippen molar-refractivity contribution in [2.24, 2.45) is 0 Å². The Morgan fingerprint density at radius 2 is 1.95 bits per heavy atom. The monoisotopic (exact) mass is 318 g/mol. The molecule has 1 aromatic heterocycles. The summed E-state index contributed by atoms with van der Waals surface area (Å²) in [5.74, 6) is -1.30. The van der Waals surface area contributed by atoms with E-state index in [9.17, 15) is 17.6 Å². The van der Waals surface area contributed by atoms with Crippen LogP contribution in [0.4, 0.5) is 17.6 Å². The normalized spacial score (nSPS) is 13.2. The third-order valence-electron chi connectivity index (χ3n) is 3.03. The average molecular weight is 319 g/mol. The van der Waals surface area contributed by atoms with E-state index in [0.29, 0.717) is 10.6 Å². The minimum atomic E-state index is -4.75. The van der Waals surface area contributed by atoms with Crippen LogP contribution < -0.4 is 5.32 Å². The van der Waals surface area contributed by atoms with Gasteiger partial charge in [-0.1, -0.05) is 17.7 Å². The molecule has 0 spiro atoms. The highest BCUT2D eigenvalue weighted by molar-refractivity contribution is 6.31. The zero-order valence-corrected chi connectivity index (χ0v) is 11.6. The lowest BCUT2D eigenvalue weighted by molar-refractivity contribution is -0.140. The minimum absolute atomic E-state index is 0.263. The summed E-state index contributed by atoms with van der Waals surface area (Å²) >= 11 is 6.01. The van der Waals surface area contributed by atoms with Crippen LogP contribution in [0.3, 0.4) is 0 Å². The van der Waals surface area contributed by atoms with Crippen LogP contribution >= 0.6 is 11.6 Å². The second-order valence-corrected chi connectivity index (χ2v) is 4.76. The van der Waals surface area contributed by atoms with Crippen molar-refractivity contribution in [3.63, 3.8) is 0 Å². The number of hydrogen-bond acceptors (Lipinski definition) is 2. The van der Waals surface area contributed by atoms with E-state index in [2.05, 4.69) is 10.3 Å². The van der Waals surface area contributed by atoms with Crippen LogP contribution in [-0.2, 0) is 6.18 Å². The van der Waals surface area contributed by atoms with E-state index < -0.39 is 23.6 Å². The second kappa shape index (κ2) is 5.99. The molecule has 0 aliphatic heterocycles. The van der Waals surface area contributed by atoms with Crippen LogP contribution in [0.5, 0.6) is 0 Å². The van der Waals surface area contributed by atoms with Crippen LogP contribution in [0.2, 0.25) is 5.02 Å². The number of aromatic nitrogens is 1. The number of nitrogens with zero attached hydrogens (tertiary/aromatic N) is 1. The van der Waals surface area contributed by atoms with Crippen molar-refractivity contribution in [3.8, 4) is 0 Å². The van der Waals surface area contributed by atoms with Gasteiger partial charge < -0.3 is 5.32 Å². The topological polar surface area (TPSA) is 24.9 Å². The first-order valence-corrected chi connectivity index (χ1v) is 6.35. The van der Waals surface area contributed by atoms with Gasteiger partial charge in [-0.25, -0.2) is 4.39 Å². The van der Waals surface area contributed by atoms with E-state index in [4.69, 9.17) is 11.6 Å². The van der Waals surface area contributed by atoms with Crippen molar-refractivity contribution in [1.29, 1.82) is 0 Å². The lowest BCUT2D eigenvalue weighted by Crippen LogP contribution is -2.19. The maximum Gasteiger partial charge on any atom is 0.419 e. The summed E-state index contributed by atoms with van der Waals surface area (Å²) in [6, 6.07) is 3.88. The summed E-state index contributed by atoms with van der Waals surface area (Å²) in [6.45, 7) is 0. The van der Waals surface area contributed by atoms with Gasteiger partial charge >= 0.3 is 6.18 Å². The molecule has 112 valence electrons. The molecular formula is C14H11ClF4N2. The molecule has 0 saturated carbocycles. The van der Waals surface area contributed by atoms with Gasteiger partial charge in [0.15, 0.2) is 0 Å². The van der Waals surface area contributed by atoms with E-state index in [-0.39, 0.29) is 5.56 Å². The van der Waals surface area contributed by atoms with E-state index in [1.54, 1.807) is 13.1 Å². The molecule has 0 amide bonds. The summed E-state index contributed by atoms with van der Waals surface area (Å²) < 4.78 is 51.7. The average Bonchev–Trinajstić information content (AvgIpc) is 2.42. The Morgan fingerprint density at radius 1 is 1.24 bits per heavy atom. The first-order valence-electron chi connectivity index (χ1n) is 5.98. The molecule has 1 unspecified atom stereocenters. The molecule has 2 aromatic rings. The Labute approximate surface area is 123 Å². The van der Waals surface area contributed by atoms with Crippen LogP contribution in [0, 0.1) is 5.82 Å². The maximum atomic E-state index is 13.3. The van der Waals surface area contributed by atoms with Gasteiger partial charge in [0.25, 0.3) is 0 Å². The number of pyridine rings is 1. The largest absolute Gasteiger partial charge is 0.419 e. The SMILES string of the molecule is CNC(c1ccc(F)c(C(F)(F)F)c1)c1ccncc1Cl. The molecule has 21 heavy (non-hydrogen) atoms. The second-order valence-electron chi connectivity index (χ2n) is 4.36. The molecule has 7 heteroatoms. The first kappa shape index (κ1) is 15.7. The lowest BCUT2D eigenvalue weighted by atomic mass is 9.97. The van der Waals surface area contributed by atoms with Gasteiger partial charge in [-0.15, -0.1) is 0 Å². The number of halogens is 5. The predicted molar refractivity (Wildman–Crippen MR) is 71.6 cm³/mol. The molecule has 1 heterocycles. The minimum Gasteiger partial charge on any atom is -0.309 e. The van der Waals surface area contributed by atoms with Gasteiger partial charge in [0, 0.05) is 12.4 Å². The molecule has 2 nitrogen and oxygen atoms in total. The molecular weight excluding hydrogens is 308 g/mol. The highest BCUT2D eigenvalue weighted by Gasteiger charge is 2.34. The fourth-order valence-electron chi connectivity index (χ4n) is 2.06. The third-order valence-corrected chi connectivity index (χ3v) is 3.35. The van der Waals surface area contributed by atoms with Crippen molar-refractivity contribution in [1.82, 2.24) is 10.3 Å². The predicted octanol–water partition coefficient (Wildman–Crippen LogP) is 4.20. The molecule has 0 bridgehead atoms. The highest BCUT2D eigenvalue weighted by atomic mass is 35.5. The summed E-state index contributed by atoms with van der Waals surface area (Å²) in [7, 11) is 1.58. The van der Waals surface area contributed by atoms with Gasteiger partial charge in [-0.05, 0) is 36.4 Å². The Bertz CT molecular complexity index is 643. The number of benzene rings is 1. The quantitative estimate of drug-likeness (QED) is 0.858. The Morgan fingerprint density at radius 3 is 2.52 bits per heavy atom. The zero-order valence-electron chi connectivity index (χ0n) is 10.9. The van der Waals surface area contributed by atoms with Gasteiger partial charge in [0.2, 0.25) is 0 Å². The van der Waals surface area contributed by atoms with Crippen molar-refractivity contribution >= 4 is 11.6 Å². The molecule has 0 aliphatic carbocycles.